The third-order valence-electron chi connectivity index (χ3n) is 2.42. The Morgan fingerprint density at radius 2 is 2.11 bits per heavy atom. The molecular weight excluding hydrogens is 236 g/mol. The van der Waals surface area contributed by atoms with Crippen LogP contribution in [0.1, 0.15) is 21.6 Å². The zero-order chi connectivity index (χ0) is 13.3. The van der Waals surface area contributed by atoms with Crippen molar-refractivity contribution in [3.8, 4) is 5.75 Å². The molecule has 7 heteroatoms. The molecule has 94 valence electrons. The van der Waals surface area contributed by atoms with Crippen LogP contribution in [0.4, 0.5) is 11.5 Å². The largest absolute Gasteiger partial charge is 0.505 e. The van der Waals surface area contributed by atoms with Gasteiger partial charge in [0.1, 0.15) is 5.75 Å². The van der Waals surface area contributed by atoms with Gasteiger partial charge in [0.15, 0.2) is 0 Å². The van der Waals surface area contributed by atoms with E-state index in [0.717, 1.165) is 5.56 Å². The van der Waals surface area contributed by atoms with E-state index in [1.807, 2.05) is 6.92 Å². The molecule has 0 fully saturated rings. The van der Waals surface area contributed by atoms with Crippen LogP contribution in [0, 0.1) is 13.8 Å². The van der Waals surface area contributed by atoms with Crippen molar-refractivity contribution in [2.45, 2.75) is 13.8 Å². The van der Waals surface area contributed by atoms with E-state index in [-0.39, 0.29) is 17.3 Å². The summed E-state index contributed by atoms with van der Waals surface area (Å²) in [4.78, 5) is 11.8. The van der Waals surface area contributed by atoms with Gasteiger partial charge in [0.05, 0.1) is 5.69 Å². The molecule has 0 aliphatic carbocycles. The van der Waals surface area contributed by atoms with Crippen molar-refractivity contribution in [1.29, 1.82) is 0 Å². The van der Waals surface area contributed by atoms with E-state index in [0.29, 0.717) is 11.3 Å². The molecule has 1 aromatic heterocycles. The summed E-state index contributed by atoms with van der Waals surface area (Å²) in [6.45, 7) is 3.60. The summed E-state index contributed by atoms with van der Waals surface area (Å²) in [5.41, 5.74) is 7.15. The van der Waals surface area contributed by atoms with Gasteiger partial charge in [0, 0.05) is 0 Å². The zero-order valence-corrected chi connectivity index (χ0v) is 9.89. The SMILES string of the molecule is Cc1cc(C)c(O)c(NC(=O)c2nonc2N)c1. The highest BCUT2D eigenvalue weighted by Crippen LogP contribution is 2.29. The quantitative estimate of drug-likeness (QED) is 0.688. The molecule has 0 aliphatic heterocycles. The Kier molecular flexibility index (Phi) is 2.88. The molecule has 1 aromatic carbocycles. The average Bonchev–Trinajstić information content (AvgIpc) is 2.71. The lowest BCUT2D eigenvalue weighted by Gasteiger charge is -2.09. The molecule has 0 saturated heterocycles. The van der Waals surface area contributed by atoms with Crippen LogP contribution < -0.4 is 11.1 Å². The topological polar surface area (TPSA) is 114 Å². The molecule has 0 saturated carbocycles. The maximum Gasteiger partial charge on any atom is 0.281 e. The summed E-state index contributed by atoms with van der Waals surface area (Å²) in [7, 11) is 0. The monoisotopic (exact) mass is 248 g/mol. The minimum absolute atomic E-state index is 0.00368. The van der Waals surface area contributed by atoms with Gasteiger partial charge >= 0.3 is 0 Å². The number of rotatable bonds is 2. The number of nitrogen functional groups attached to an aromatic ring is 1. The van der Waals surface area contributed by atoms with Crippen molar-refractivity contribution in [3.05, 3.63) is 29.0 Å². The van der Waals surface area contributed by atoms with E-state index in [1.165, 1.54) is 0 Å². The van der Waals surface area contributed by atoms with Crippen LogP contribution in [0.5, 0.6) is 5.75 Å². The standard InChI is InChI=1S/C11H12N4O3/c1-5-3-6(2)9(16)7(4-5)13-11(17)8-10(12)15-18-14-8/h3-4,16H,1-2H3,(H2,12,15)(H,13,17). The molecule has 0 aliphatic rings. The average molecular weight is 248 g/mol. The summed E-state index contributed by atoms with van der Waals surface area (Å²) in [5.74, 6) is -0.686. The number of hydrogen-bond acceptors (Lipinski definition) is 6. The van der Waals surface area contributed by atoms with E-state index in [4.69, 9.17) is 5.73 Å². The molecule has 0 bridgehead atoms. The third kappa shape index (κ3) is 2.10. The summed E-state index contributed by atoms with van der Waals surface area (Å²) < 4.78 is 4.33. The predicted octanol–water partition coefficient (Wildman–Crippen LogP) is 1.23. The number of nitrogens with two attached hydrogens (primary N) is 1. The molecule has 1 amide bonds. The smallest absolute Gasteiger partial charge is 0.281 e. The van der Waals surface area contributed by atoms with Crippen molar-refractivity contribution in [1.82, 2.24) is 10.3 Å². The maximum absolute atomic E-state index is 11.8. The third-order valence-corrected chi connectivity index (χ3v) is 2.42. The van der Waals surface area contributed by atoms with Gasteiger partial charge < -0.3 is 16.2 Å². The lowest BCUT2D eigenvalue weighted by molar-refractivity contribution is 0.101. The molecule has 7 nitrogen and oxygen atoms in total. The van der Waals surface area contributed by atoms with Gasteiger partial charge in [0.2, 0.25) is 11.5 Å². The van der Waals surface area contributed by atoms with Crippen molar-refractivity contribution >= 4 is 17.4 Å². The molecular formula is C11H12N4O3. The maximum atomic E-state index is 11.8. The van der Waals surface area contributed by atoms with Gasteiger partial charge in [-0.2, -0.15) is 0 Å². The molecule has 18 heavy (non-hydrogen) atoms. The Balaban J connectivity index is 2.30. The first-order chi connectivity index (χ1) is 8.49. The number of nitrogens with zero attached hydrogens (tertiary/aromatic N) is 2. The molecule has 0 atom stereocenters. The van der Waals surface area contributed by atoms with Gasteiger partial charge in [-0.05, 0) is 41.4 Å². The van der Waals surface area contributed by atoms with Gasteiger partial charge in [-0.3, -0.25) is 4.79 Å². The summed E-state index contributed by atoms with van der Waals surface area (Å²) in [6, 6.07) is 3.45. The van der Waals surface area contributed by atoms with Crippen LogP contribution in [0.2, 0.25) is 0 Å². The fourth-order valence-electron chi connectivity index (χ4n) is 1.59. The highest BCUT2D eigenvalue weighted by molar-refractivity contribution is 6.06. The number of hydrogen-bond donors (Lipinski definition) is 3. The van der Waals surface area contributed by atoms with Gasteiger partial charge in [-0.25, -0.2) is 4.63 Å². The van der Waals surface area contributed by atoms with E-state index < -0.39 is 5.91 Å². The van der Waals surface area contributed by atoms with Crippen LogP contribution >= 0.6 is 0 Å². The van der Waals surface area contributed by atoms with E-state index in [9.17, 15) is 9.90 Å². The minimum Gasteiger partial charge on any atom is -0.505 e. The number of nitrogens with one attached hydrogen (secondary N) is 1. The van der Waals surface area contributed by atoms with Crippen molar-refractivity contribution in [2.75, 3.05) is 11.1 Å². The van der Waals surface area contributed by atoms with Crippen LogP contribution in [0.3, 0.4) is 0 Å². The van der Waals surface area contributed by atoms with Crippen molar-refractivity contribution in [2.24, 2.45) is 0 Å². The van der Waals surface area contributed by atoms with E-state index in [2.05, 4.69) is 20.3 Å². The summed E-state index contributed by atoms with van der Waals surface area (Å²) >= 11 is 0. The van der Waals surface area contributed by atoms with E-state index >= 15 is 0 Å². The Morgan fingerprint density at radius 1 is 1.39 bits per heavy atom. The highest BCUT2D eigenvalue weighted by Gasteiger charge is 2.18. The van der Waals surface area contributed by atoms with Gasteiger partial charge in [0.25, 0.3) is 5.91 Å². The molecule has 2 rings (SSSR count). The first kappa shape index (κ1) is 11.9. The fraction of sp³-hybridized carbons (Fsp3) is 0.182. The van der Waals surface area contributed by atoms with Crippen LogP contribution in [0.15, 0.2) is 16.8 Å². The second-order valence-electron chi connectivity index (χ2n) is 3.93. The molecule has 0 unspecified atom stereocenters. The van der Waals surface area contributed by atoms with Crippen LogP contribution in [-0.2, 0) is 0 Å². The normalized spacial score (nSPS) is 10.3. The Bertz CT molecular complexity index is 606. The second kappa shape index (κ2) is 4.36. The number of aromatic hydroxyl groups is 1. The number of carbonyl (C=O) groups excluding carboxylic acids is 1. The first-order valence-electron chi connectivity index (χ1n) is 5.18. The molecule has 4 N–H and O–H groups in total. The second-order valence-corrected chi connectivity index (χ2v) is 3.93. The van der Waals surface area contributed by atoms with Gasteiger partial charge in [-0.15, -0.1) is 0 Å². The number of phenolic OH excluding ortho intramolecular Hbond substituents is 1. The first-order valence-corrected chi connectivity index (χ1v) is 5.18. The Hall–Kier alpha value is -2.57. The number of amides is 1. The molecule has 0 radical (unpaired) electrons. The minimum atomic E-state index is -0.589. The van der Waals surface area contributed by atoms with Crippen molar-refractivity contribution < 1.29 is 14.5 Å². The zero-order valence-electron chi connectivity index (χ0n) is 9.89. The lowest BCUT2D eigenvalue weighted by atomic mass is 10.1. The number of anilines is 2. The molecule has 2 aromatic rings. The van der Waals surface area contributed by atoms with Gasteiger partial charge in [-0.1, -0.05) is 6.07 Å². The molecule has 0 spiro atoms. The number of phenols is 1. The number of benzene rings is 1. The highest BCUT2D eigenvalue weighted by atomic mass is 16.6. The Labute approximate surface area is 103 Å². The van der Waals surface area contributed by atoms with Crippen LogP contribution in [0.25, 0.3) is 0 Å². The number of carbonyl (C=O) groups is 1. The number of aryl methyl sites for hydroxylation is 2. The summed E-state index contributed by atoms with van der Waals surface area (Å²) in [6.07, 6.45) is 0. The predicted molar refractivity (Wildman–Crippen MR) is 64.2 cm³/mol. The number of aromatic nitrogens is 2. The summed E-state index contributed by atoms with van der Waals surface area (Å²) in [5, 5.41) is 19.0. The van der Waals surface area contributed by atoms with Crippen LogP contribution in [-0.4, -0.2) is 21.3 Å². The Morgan fingerprint density at radius 3 is 2.72 bits per heavy atom. The fourth-order valence-corrected chi connectivity index (χ4v) is 1.59. The lowest BCUT2D eigenvalue weighted by Crippen LogP contribution is -2.14. The molecule has 1 heterocycles. The van der Waals surface area contributed by atoms with Crippen molar-refractivity contribution in [3.63, 3.8) is 0 Å². The van der Waals surface area contributed by atoms with E-state index in [1.54, 1.807) is 19.1 Å².